The van der Waals surface area contributed by atoms with Gasteiger partial charge in [0.2, 0.25) is 0 Å². The van der Waals surface area contributed by atoms with Crippen molar-refractivity contribution in [1.29, 1.82) is 0 Å². The summed E-state index contributed by atoms with van der Waals surface area (Å²) in [5.74, 6) is 0. The van der Waals surface area contributed by atoms with Crippen LogP contribution in [0.15, 0.2) is 48.5 Å². The van der Waals surface area contributed by atoms with Crippen LogP contribution in [-0.2, 0) is 0 Å². The molecule has 3 heteroatoms. The van der Waals surface area contributed by atoms with E-state index in [-0.39, 0.29) is 0 Å². The molecule has 0 aliphatic carbocycles. The molecular formula is C12H10N2S. The molecule has 0 spiro atoms. The van der Waals surface area contributed by atoms with Crippen molar-refractivity contribution in [3.05, 3.63) is 48.5 Å². The average Bonchev–Trinajstić information content (AvgIpc) is 2.48. The third-order valence-corrected chi connectivity index (χ3v) is 3.48. The van der Waals surface area contributed by atoms with Crippen LogP contribution in [0.1, 0.15) is 0 Å². The van der Waals surface area contributed by atoms with Gasteiger partial charge in [-0.2, -0.15) is 0 Å². The normalized spacial score (nSPS) is 10.7. The smallest absolute Gasteiger partial charge is 0.0712 e. The molecule has 3 aromatic rings. The van der Waals surface area contributed by atoms with Crippen molar-refractivity contribution in [1.82, 2.24) is 10.2 Å². The van der Waals surface area contributed by atoms with Crippen molar-refractivity contribution in [2.45, 2.75) is 0 Å². The second kappa shape index (κ2) is 3.44. The minimum absolute atomic E-state index is 1.12. The highest BCUT2D eigenvalue weighted by Crippen LogP contribution is 2.21. The maximum absolute atomic E-state index is 3.21. The van der Waals surface area contributed by atoms with Crippen molar-refractivity contribution >= 4 is 31.8 Å². The van der Waals surface area contributed by atoms with Gasteiger partial charge in [0.05, 0.1) is 20.4 Å². The van der Waals surface area contributed by atoms with Gasteiger partial charge in [0, 0.05) is 0 Å². The van der Waals surface area contributed by atoms with Gasteiger partial charge in [-0.05, 0) is 24.3 Å². The summed E-state index contributed by atoms with van der Waals surface area (Å²) in [6.45, 7) is 0. The first-order valence-corrected chi connectivity index (χ1v) is 5.63. The van der Waals surface area contributed by atoms with Crippen LogP contribution in [0.5, 0.6) is 0 Å². The first-order chi connectivity index (χ1) is 7.43. The zero-order chi connectivity index (χ0) is 10.1. The summed E-state index contributed by atoms with van der Waals surface area (Å²) in [7, 11) is 0. The summed E-state index contributed by atoms with van der Waals surface area (Å²) in [4.78, 5) is 0. The SMILES string of the molecule is c1ccc2sc3ccccc3[nH][nH]c2c1. The minimum atomic E-state index is 1.12. The first kappa shape index (κ1) is 8.56. The van der Waals surface area contributed by atoms with Crippen molar-refractivity contribution in [2.75, 3.05) is 0 Å². The molecule has 0 atom stereocenters. The standard InChI is InChI=1S/C12H10N2S/c1-3-7-11-9(5-1)13-14-10-6-2-4-8-12(10)15-11/h1-8,13-14H. The number of nitrogens with one attached hydrogen (secondary N) is 2. The minimum Gasteiger partial charge on any atom is -0.299 e. The van der Waals surface area contributed by atoms with Gasteiger partial charge >= 0.3 is 0 Å². The molecule has 2 nitrogen and oxygen atoms in total. The molecule has 2 aromatic carbocycles. The predicted molar refractivity (Wildman–Crippen MR) is 65.7 cm³/mol. The number of para-hydroxylation sites is 2. The number of aromatic amines is 2. The predicted octanol–water partition coefficient (Wildman–Crippen LogP) is 3.84. The fourth-order valence-electron chi connectivity index (χ4n) is 1.57. The van der Waals surface area contributed by atoms with Crippen LogP contribution in [0.3, 0.4) is 0 Å². The Balaban J connectivity index is 2.54. The fraction of sp³-hybridized carbons (Fsp3) is 0. The van der Waals surface area contributed by atoms with Gasteiger partial charge < -0.3 is 0 Å². The molecule has 0 aliphatic rings. The fourth-order valence-corrected chi connectivity index (χ4v) is 2.56. The van der Waals surface area contributed by atoms with Gasteiger partial charge in [-0.25, -0.2) is 0 Å². The molecule has 0 unspecified atom stereocenters. The number of aromatic nitrogens is 2. The lowest BCUT2D eigenvalue weighted by Crippen LogP contribution is -1.75. The summed E-state index contributed by atoms with van der Waals surface area (Å²) in [6, 6.07) is 16.6. The molecule has 0 radical (unpaired) electrons. The molecule has 1 heterocycles. The molecule has 0 amide bonds. The van der Waals surface area contributed by atoms with E-state index in [0.29, 0.717) is 0 Å². The molecule has 2 N–H and O–H groups in total. The van der Waals surface area contributed by atoms with E-state index in [2.05, 4.69) is 46.6 Å². The number of benzene rings is 2. The summed E-state index contributed by atoms with van der Waals surface area (Å²) in [6.07, 6.45) is 0. The van der Waals surface area contributed by atoms with Crippen molar-refractivity contribution in [2.24, 2.45) is 0 Å². The summed E-state index contributed by atoms with van der Waals surface area (Å²) in [5, 5.41) is 6.42. The first-order valence-electron chi connectivity index (χ1n) is 4.81. The number of rotatable bonds is 0. The van der Waals surface area contributed by atoms with Crippen LogP contribution in [-0.4, -0.2) is 10.2 Å². The topological polar surface area (TPSA) is 31.6 Å². The molecule has 74 valence electrons. The highest BCUT2D eigenvalue weighted by Gasteiger charge is 1.93. The van der Waals surface area contributed by atoms with Crippen LogP contribution < -0.4 is 0 Å². The second-order valence-electron chi connectivity index (χ2n) is 3.34. The lowest BCUT2D eigenvalue weighted by atomic mass is 10.3. The maximum atomic E-state index is 3.21. The van der Waals surface area contributed by atoms with Gasteiger partial charge in [-0.3, -0.25) is 10.2 Å². The Morgan fingerprint density at radius 3 is 1.67 bits per heavy atom. The van der Waals surface area contributed by atoms with E-state index in [1.807, 2.05) is 12.1 Å². The van der Waals surface area contributed by atoms with E-state index >= 15 is 0 Å². The third-order valence-electron chi connectivity index (χ3n) is 2.33. The Labute approximate surface area is 90.9 Å². The summed E-state index contributed by atoms with van der Waals surface area (Å²) < 4.78 is 2.49. The lowest BCUT2D eigenvalue weighted by molar-refractivity contribution is 1.13. The van der Waals surface area contributed by atoms with Crippen molar-refractivity contribution in [3.63, 3.8) is 0 Å². The lowest BCUT2D eigenvalue weighted by Gasteiger charge is -1.88. The van der Waals surface area contributed by atoms with E-state index in [9.17, 15) is 0 Å². The van der Waals surface area contributed by atoms with Crippen LogP contribution in [0.4, 0.5) is 0 Å². The van der Waals surface area contributed by atoms with E-state index in [1.54, 1.807) is 11.3 Å². The summed E-state index contributed by atoms with van der Waals surface area (Å²) in [5.41, 5.74) is 2.25. The zero-order valence-corrected chi connectivity index (χ0v) is 8.84. The van der Waals surface area contributed by atoms with Gasteiger partial charge in [0.25, 0.3) is 0 Å². The van der Waals surface area contributed by atoms with Gasteiger partial charge in [0.1, 0.15) is 0 Å². The number of H-pyrrole nitrogens is 2. The van der Waals surface area contributed by atoms with Gasteiger partial charge in [0.15, 0.2) is 0 Å². The monoisotopic (exact) mass is 214 g/mol. The average molecular weight is 214 g/mol. The molecule has 15 heavy (non-hydrogen) atoms. The molecule has 0 fully saturated rings. The molecule has 0 saturated carbocycles. The Morgan fingerprint density at radius 1 is 0.667 bits per heavy atom. The molecule has 0 bridgehead atoms. The Hall–Kier alpha value is -1.74. The zero-order valence-electron chi connectivity index (χ0n) is 8.03. The van der Waals surface area contributed by atoms with E-state index < -0.39 is 0 Å². The molecular weight excluding hydrogens is 204 g/mol. The Morgan fingerprint density at radius 2 is 1.13 bits per heavy atom. The van der Waals surface area contributed by atoms with Crippen LogP contribution in [0.2, 0.25) is 0 Å². The van der Waals surface area contributed by atoms with Crippen molar-refractivity contribution < 1.29 is 0 Å². The van der Waals surface area contributed by atoms with E-state index in [1.165, 1.54) is 9.40 Å². The molecule has 0 aliphatic heterocycles. The highest BCUT2D eigenvalue weighted by molar-refractivity contribution is 7.24. The third kappa shape index (κ3) is 1.51. The number of hydrogen-bond acceptors (Lipinski definition) is 1. The largest absolute Gasteiger partial charge is 0.299 e. The van der Waals surface area contributed by atoms with Crippen LogP contribution in [0.25, 0.3) is 20.4 Å². The molecule has 1 aromatic heterocycles. The van der Waals surface area contributed by atoms with E-state index in [0.717, 1.165) is 11.0 Å². The summed E-state index contributed by atoms with van der Waals surface area (Å²) >= 11 is 1.78. The number of fused-ring (bicyclic) bond motifs is 2. The number of hydrogen-bond donors (Lipinski definition) is 2. The van der Waals surface area contributed by atoms with E-state index in [4.69, 9.17) is 0 Å². The van der Waals surface area contributed by atoms with Crippen molar-refractivity contribution in [3.8, 4) is 0 Å². The Kier molecular flexibility index (Phi) is 1.96. The Bertz CT molecular complexity index is 588. The molecule has 0 saturated heterocycles. The van der Waals surface area contributed by atoms with Gasteiger partial charge in [-0.15, -0.1) is 11.3 Å². The quantitative estimate of drug-likeness (QED) is 0.570. The van der Waals surface area contributed by atoms with Gasteiger partial charge in [-0.1, -0.05) is 24.3 Å². The second-order valence-corrected chi connectivity index (χ2v) is 4.43. The highest BCUT2D eigenvalue weighted by atomic mass is 32.1. The molecule has 3 rings (SSSR count). The maximum Gasteiger partial charge on any atom is 0.0712 e. The van der Waals surface area contributed by atoms with Crippen LogP contribution >= 0.6 is 11.3 Å². The van der Waals surface area contributed by atoms with Crippen LogP contribution in [0, 0.1) is 0 Å².